The summed E-state index contributed by atoms with van der Waals surface area (Å²) in [6.45, 7) is 5.64. The van der Waals surface area contributed by atoms with Crippen molar-refractivity contribution in [1.82, 2.24) is 0 Å². The molecule has 1 rings (SSSR count). The molecule has 0 fully saturated rings. The van der Waals surface area contributed by atoms with Crippen LogP contribution in [0.4, 0.5) is 0 Å². The average Bonchev–Trinajstić information content (AvgIpc) is 2.50. The molecule has 0 aromatic heterocycles. The number of ether oxygens (including phenoxy) is 1. The zero-order valence-electron chi connectivity index (χ0n) is 12.4. The molecular weight excluding hydrogens is 260 g/mol. The minimum atomic E-state index is -1.20. The lowest BCUT2D eigenvalue weighted by molar-refractivity contribution is 0.405. The predicted molar refractivity (Wildman–Crippen MR) is 82.3 cm³/mol. The van der Waals surface area contributed by atoms with Crippen molar-refractivity contribution >= 4 is 0 Å². The number of rotatable bonds is 6. The molecule has 106 valence electrons. The number of allylic oxidation sites excluding steroid dienone is 1. The molecule has 0 aliphatic rings. The molecule has 0 bridgehead atoms. The molecule has 0 aliphatic heterocycles. The van der Waals surface area contributed by atoms with E-state index in [0.717, 1.165) is 16.9 Å². The lowest BCUT2D eigenvalue weighted by Gasteiger charge is -2.28. The molecule has 3 nitrogen and oxygen atoms in total. The Kier molecular flexibility index (Phi) is 5.59. The standard InChI is InChI=1S/C18H18N2O/c1-5-6-17(15-7-9-16(21-4)10-8-15)18(12-19,13-20)11-14(2)3/h1,7-10,17H,2,6,11H2,3-4H3. The van der Waals surface area contributed by atoms with Crippen LogP contribution in [0.15, 0.2) is 36.4 Å². The van der Waals surface area contributed by atoms with Gasteiger partial charge in [0, 0.05) is 18.8 Å². The first-order chi connectivity index (χ1) is 10.0. The molecule has 0 radical (unpaired) electrons. The van der Waals surface area contributed by atoms with Crippen LogP contribution in [-0.4, -0.2) is 7.11 Å². The summed E-state index contributed by atoms with van der Waals surface area (Å²) in [6.07, 6.45) is 6.07. The van der Waals surface area contributed by atoms with E-state index >= 15 is 0 Å². The molecule has 0 amide bonds. The van der Waals surface area contributed by atoms with E-state index in [-0.39, 0.29) is 5.92 Å². The first-order valence-corrected chi connectivity index (χ1v) is 6.57. The molecular formula is C18H18N2O. The Morgan fingerprint density at radius 1 is 1.33 bits per heavy atom. The monoisotopic (exact) mass is 278 g/mol. The average molecular weight is 278 g/mol. The second-order valence-corrected chi connectivity index (χ2v) is 5.06. The molecule has 1 aromatic carbocycles. The first kappa shape index (κ1) is 16.4. The molecule has 3 heteroatoms. The molecule has 0 heterocycles. The van der Waals surface area contributed by atoms with Gasteiger partial charge < -0.3 is 4.74 Å². The number of hydrogen-bond donors (Lipinski definition) is 0. The van der Waals surface area contributed by atoms with Crippen molar-refractivity contribution in [2.75, 3.05) is 7.11 Å². The molecule has 21 heavy (non-hydrogen) atoms. The van der Waals surface area contributed by atoms with Gasteiger partial charge in [0.1, 0.15) is 5.75 Å². The summed E-state index contributed by atoms with van der Waals surface area (Å²) in [4.78, 5) is 0. The number of nitriles is 2. The molecule has 0 saturated carbocycles. The highest BCUT2D eigenvalue weighted by Gasteiger charge is 2.40. The molecule has 0 spiro atoms. The van der Waals surface area contributed by atoms with Crippen LogP contribution in [0.5, 0.6) is 5.75 Å². The Hall–Kier alpha value is -2.70. The Morgan fingerprint density at radius 2 is 1.90 bits per heavy atom. The van der Waals surface area contributed by atoms with E-state index in [9.17, 15) is 10.5 Å². The van der Waals surface area contributed by atoms with Gasteiger partial charge in [-0.3, -0.25) is 0 Å². The van der Waals surface area contributed by atoms with E-state index in [1.54, 1.807) is 19.2 Å². The summed E-state index contributed by atoms with van der Waals surface area (Å²) < 4.78 is 5.13. The van der Waals surface area contributed by atoms with Crippen LogP contribution in [0.3, 0.4) is 0 Å². The topological polar surface area (TPSA) is 56.8 Å². The molecule has 0 aliphatic carbocycles. The van der Waals surface area contributed by atoms with Crippen LogP contribution in [0.25, 0.3) is 0 Å². The second-order valence-electron chi connectivity index (χ2n) is 5.06. The highest BCUT2D eigenvalue weighted by molar-refractivity contribution is 5.36. The smallest absolute Gasteiger partial charge is 0.155 e. The number of methoxy groups -OCH3 is 1. The summed E-state index contributed by atoms with van der Waals surface area (Å²) in [6, 6.07) is 11.6. The van der Waals surface area contributed by atoms with Crippen LogP contribution < -0.4 is 4.74 Å². The van der Waals surface area contributed by atoms with E-state index in [1.165, 1.54) is 0 Å². The molecule has 1 unspecified atom stereocenters. The van der Waals surface area contributed by atoms with Gasteiger partial charge in [-0.1, -0.05) is 17.7 Å². The molecule has 0 saturated heterocycles. The fourth-order valence-corrected chi connectivity index (χ4v) is 2.39. The van der Waals surface area contributed by atoms with E-state index in [4.69, 9.17) is 11.2 Å². The van der Waals surface area contributed by atoms with Crippen LogP contribution in [0, 0.1) is 40.4 Å². The normalized spacial score (nSPS) is 11.6. The Morgan fingerprint density at radius 3 is 2.29 bits per heavy atom. The van der Waals surface area contributed by atoms with E-state index in [1.807, 2.05) is 19.1 Å². The lowest BCUT2D eigenvalue weighted by Crippen LogP contribution is -2.26. The van der Waals surface area contributed by atoms with Crippen molar-refractivity contribution in [2.45, 2.75) is 25.7 Å². The van der Waals surface area contributed by atoms with Crippen molar-refractivity contribution in [2.24, 2.45) is 5.41 Å². The van der Waals surface area contributed by atoms with Gasteiger partial charge in [-0.2, -0.15) is 10.5 Å². The number of benzene rings is 1. The van der Waals surface area contributed by atoms with E-state index < -0.39 is 5.41 Å². The summed E-state index contributed by atoms with van der Waals surface area (Å²) in [7, 11) is 1.59. The lowest BCUT2D eigenvalue weighted by atomic mass is 9.69. The fraction of sp³-hybridized carbons (Fsp3) is 0.333. The van der Waals surface area contributed by atoms with Crippen molar-refractivity contribution in [1.29, 1.82) is 10.5 Å². The van der Waals surface area contributed by atoms with Gasteiger partial charge in [0.25, 0.3) is 0 Å². The Labute approximate surface area is 126 Å². The van der Waals surface area contributed by atoms with Crippen LogP contribution in [-0.2, 0) is 0 Å². The Bertz CT molecular complexity index is 609. The maximum absolute atomic E-state index is 9.58. The number of terminal acetylenes is 1. The first-order valence-electron chi connectivity index (χ1n) is 6.57. The van der Waals surface area contributed by atoms with Gasteiger partial charge in [-0.25, -0.2) is 0 Å². The van der Waals surface area contributed by atoms with Crippen LogP contribution in [0.2, 0.25) is 0 Å². The van der Waals surface area contributed by atoms with Gasteiger partial charge >= 0.3 is 0 Å². The molecule has 1 aromatic rings. The maximum Gasteiger partial charge on any atom is 0.155 e. The van der Waals surface area contributed by atoms with Crippen LogP contribution >= 0.6 is 0 Å². The molecule has 0 N–H and O–H groups in total. The van der Waals surface area contributed by atoms with Gasteiger partial charge in [0.15, 0.2) is 5.41 Å². The van der Waals surface area contributed by atoms with Crippen molar-refractivity contribution < 1.29 is 4.74 Å². The quantitative estimate of drug-likeness (QED) is 0.587. The zero-order chi connectivity index (χ0) is 15.9. The maximum atomic E-state index is 9.58. The van der Waals surface area contributed by atoms with Crippen molar-refractivity contribution in [3.63, 3.8) is 0 Å². The van der Waals surface area contributed by atoms with Gasteiger partial charge in [0.2, 0.25) is 0 Å². The highest BCUT2D eigenvalue weighted by Crippen LogP contribution is 2.42. The minimum absolute atomic E-state index is 0.304. The van der Waals surface area contributed by atoms with Gasteiger partial charge in [-0.15, -0.1) is 18.9 Å². The highest BCUT2D eigenvalue weighted by atomic mass is 16.5. The summed E-state index contributed by atoms with van der Waals surface area (Å²) in [5.41, 5.74) is 0.444. The second kappa shape index (κ2) is 7.18. The van der Waals surface area contributed by atoms with E-state index in [2.05, 4.69) is 24.6 Å². The third-order valence-corrected chi connectivity index (χ3v) is 3.41. The van der Waals surface area contributed by atoms with Gasteiger partial charge in [0.05, 0.1) is 19.2 Å². The summed E-state index contributed by atoms with van der Waals surface area (Å²) >= 11 is 0. The Balaban J connectivity index is 3.31. The third-order valence-electron chi connectivity index (χ3n) is 3.41. The van der Waals surface area contributed by atoms with Crippen LogP contribution in [0.1, 0.15) is 31.2 Å². The van der Waals surface area contributed by atoms with Crippen molar-refractivity contribution in [3.8, 4) is 30.2 Å². The SMILES string of the molecule is C#CCC(c1ccc(OC)cc1)C(C#N)(C#N)CC(=C)C. The van der Waals surface area contributed by atoms with E-state index in [0.29, 0.717) is 12.8 Å². The van der Waals surface area contributed by atoms with Gasteiger partial charge in [-0.05, 0) is 24.6 Å². The zero-order valence-corrected chi connectivity index (χ0v) is 12.4. The molecule has 1 atom stereocenters. The third kappa shape index (κ3) is 3.65. The predicted octanol–water partition coefficient (Wildman–Crippen LogP) is 3.80. The fourth-order valence-electron chi connectivity index (χ4n) is 2.39. The summed E-state index contributed by atoms with van der Waals surface area (Å²) in [5, 5.41) is 19.2. The largest absolute Gasteiger partial charge is 0.497 e. The number of nitrogens with zero attached hydrogens (tertiary/aromatic N) is 2. The van der Waals surface area contributed by atoms with Crippen molar-refractivity contribution in [3.05, 3.63) is 42.0 Å². The minimum Gasteiger partial charge on any atom is -0.497 e. The number of hydrogen-bond acceptors (Lipinski definition) is 3. The summed E-state index contributed by atoms with van der Waals surface area (Å²) in [5.74, 6) is 2.94.